The van der Waals surface area contributed by atoms with Crippen LogP contribution in [0, 0.1) is 0 Å². The van der Waals surface area contributed by atoms with Gasteiger partial charge in [0, 0.05) is 34.7 Å². The first kappa shape index (κ1) is 17.1. The van der Waals surface area contributed by atoms with Crippen molar-refractivity contribution < 1.29 is 9.53 Å². The lowest BCUT2D eigenvalue weighted by Crippen LogP contribution is -2.11. The predicted molar refractivity (Wildman–Crippen MR) is 105 cm³/mol. The lowest BCUT2D eigenvalue weighted by Gasteiger charge is -2.08. The fraction of sp³-hybridized carbons (Fsp3) is 0.0476. The number of nitrogens with one attached hydrogen (secondary N) is 1. The lowest BCUT2D eigenvalue weighted by molar-refractivity contribution is 0.102. The first-order valence-electron chi connectivity index (χ1n) is 8.40. The van der Waals surface area contributed by atoms with E-state index < -0.39 is 0 Å². The topological polar surface area (TPSA) is 55.6 Å². The average molecular weight is 378 g/mol. The molecule has 0 fully saturated rings. The Morgan fingerprint density at radius 3 is 2.74 bits per heavy atom. The van der Waals surface area contributed by atoms with Crippen LogP contribution >= 0.6 is 11.6 Å². The van der Waals surface area contributed by atoms with E-state index in [1.807, 2.05) is 53.2 Å². The van der Waals surface area contributed by atoms with Crippen molar-refractivity contribution >= 4 is 28.8 Å². The van der Waals surface area contributed by atoms with Crippen molar-refractivity contribution in [3.8, 4) is 5.75 Å². The molecule has 2 aromatic heterocycles. The first-order chi connectivity index (χ1) is 13.2. The zero-order valence-corrected chi connectivity index (χ0v) is 15.1. The molecule has 0 saturated heterocycles. The van der Waals surface area contributed by atoms with Crippen molar-refractivity contribution in [3.63, 3.8) is 0 Å². The predicted octanol–water partition coefficient (Wildman–Crippen LogP) is 4.82. The molecule has 5 nitrogen and oxygen atoms in total. The second kappa shape index (κ2) is 7.51. The van der Waals surface area contributed by atoms with Gasteiger partial charge in [0.2, 0.25) is 0 Å². The summed E-state index contributed by atoms with van der Waals surface area (Å²) < 4.78 is 7.77. The number of hydrogen-bond donors (Lipinski definition) is 1. The molecule has 0 atom stereocenters. The number of aromatic nitrogens is 2. The number of carbonyl (C=O) groups excluding carboxylic acids is 1. The number of benzene rings is 2. The van der Waals surface area contributed by atoms with Crippen LogP contribution in [0.2, 0.25) is 5.02 Å². The van der Waals surface area contributed by atoms with Gasteiger partial charge in [-0.2, -0.15) is 0 Å². The van der Waals surface area contributed by atoms with Crippen LogP contribution in [0.1, 0.15) is 16.1 Å². The van der Waals surface area contributed by atoms with E-state index in [4.69, 9.17) is 16.3 Å². The molecule has 2 aromatic carbocycles. The third-order valence-corrected chi connectivity index (χ3v) is 4.25. The van der Waals surface area contributed by atoms with Crippen LogP contribution < -0.4 is 10.1 Å². The van der Waals surface area contributed by atoms with Crippen molar-refractivity contribution in [2.75, 3.05) is 5.32 Å². The Morgan fingerprint density at radius 1 is 1.07 bits per heavy atom. The standard InChI is InChI=1S/C21H16ClN3O2/c22-16-9-7-15(8-10-16)21(26)24-17-4-3-5-19(12-17)27-14-18-13-25-11-2-1-6-20(25)23-18/h1-13H,14H2,(H,24,26). The smallest absolute Gasteiger partial charge is 0.255 e. The Hall–Kier alpha value is -3.31. The van der Waals surface area contributed by atoms with Gasteiger partial charge in [-0.3, -0.25) is 4.79 Å². The summed E-state index contributed by atoms with van der Waals surface area (Å²) in [4.78, 5) is 16.8. The van der Waals surface area contributed by atoms with Crippen LogP contribution in [0.25, 0.3) is 5.65 Å². The van der Waals surface area contributed by atoms with Gasteiger partial charge in [-0.25, -0.2) is 4.98 Å². The summed E-state index contributed by atoms with van der Waals surface area (Å²) in [7, 11) is 0. The number of nitrogens with zero attached hydrogens (tertiary/aromatic N) is 2. The third kappa shape index (κ3) is 4.10. The number of carbonyl (C=O) groups is 1. The average Bonchev–Trinajstić information content (AvgIpc) is 3.10. The Kier molecular flexibility index (Phi) is 4.77. The molecule has 27 heavy (non-hydrogen) atoms. The maximum Gasteiger partial charge on any atom is 0.255 e. The molecule has 6 heteroatoms. The van der Waals surface area contributed by atoms with E-state index in [0.29, 0.717) is 28.6 Å². The van der Waals surface area contributed by atoms with Crippen LogP contribution in [0.15, 0.2) is 79.1 Å². The minimum absolute atomic E-state index is 0.204. The molecule has 0 bridgehead atoms. The molecule has 0 unspecified atom stereocenters. The Balaban J connectivity index is 1.42. The Labute approximate surface area is 161 Å². The third-order valence-electron chi connectivity index (χ3n) is 4.00. The zero-order valence-electron chi connectivity index (χ0n) is 14.3. The normalized spacial score (nSPS) is 10.7. The van der Waals surface area contributed by atoms with Crippen molar-refractivity contribution in [2.24, 2.45) is 0 Å². The minimum Gasteiger partial charge on any atom is -0.487 e. The maximum absolute atomic E-state index is 12.3. The van der Waals surface area contributed by atoms with E-state index in [-0.39, 0.29) is 5.91 Å². The summed E-state index contributed by atoms with van der Waals surface area (Å²) in [6.45, 7) is 0.344. The summed E-state index contributed by atoms with van der Waals surface area (Å²) in [5.74, 6) is 0.449. The number of rotatable bonds is 5. The van der Waals surface area contributed by atoms with Crippen molar-refractivity contribution in [1.29, 1.82) is 0 Å². The second-order valence-corrected chi connectivity index (χ2v) is 6.41. The highest BCUT2D eigenvalue weighted by Gasteiger charge is 2.07. The molecule has 0 aliphatic carbocycles. The molecule has 134 valence electrons. The highest BCUT2D eigenvalue weighted by Crippen LogP contribution is 2.20. The molecule has 4 aromatic rings. The van der Waals surface area contributed by atoms with Gasteiger partial charge in [0.1, 0.15) is 18.0 Å². The summed E-state index contributed by atoms with van der Waals surface area (Å²) in [6, 6.07) is 19.8. The van der Waals surface area contributed by atoms with Gasteiger partial charge < -0.3 is 14.5 Å². The summed E-state index contributed by atoms with van der Waals surface area (Å²) >= 11 is 5.85. The van der Waals surface area contributed by atoms with Crippen LogP contribution in [0.5, 0.6) is 5.75 Å². The second-order valence-electron chi connectivity index (χ2n) is 5.98. The van der Waals surface area contributed by atoms with Crippen LogP contribution in [-0.4, -0.2) is 15.3 Å². The van der Waals surface area contributed by atoms with Gasteiger partial charge in [-0.1, -0.05) is 23.7 Å². The Bertz CT molecular complexity index is 1060. The zero-order chi connectivity index (χ0) is 18.6. The van der Waals surface area contributed by atoms with Crippen molar-refractivity contribution in [3.05, 3.63) is 95.4 Å². The summed E-state index contributed by atoms with van der Waals surface area (Å²) in [5.41, 5.74) is 2.90. The van der Waals surface area contributed by atoms with E-state index in [1.54, 1.807) is 30.3 Å². The van der Waals surface area contributed by atoms with Gasteiger partial charge in [0.05, 0.1) is 5.69 Å². The number of imidazole rings is 1. The van der Waals surface area contributed by atoms with E-state index in [0.717, 1.165) is 11.3 Å². The van der Waals surface area contributed by atoms with Crippen molar-refractivity contribution in [2.45, 2.75) is 6.61 Å². The van der Waals surface area contributed by atoms with E-state index in [9.17, 15) is 4.79 Å². The summed E-state index contributed by atoms with van der Waals surface area (Å²) in [5, 5.41) is 3.45. The Morgan fingerprint density at radius 2 is 1.93 bits per heavy atom. The van der Waals surface area contributed by atoms with E-state index >= 15 is 0 Å². The lowest BCUT2D eigenvalue weighted by atomic mass is 10.2. The molecule has 0 spiro atoms. The summed E-state index contributed by atoms with van der Waals surface area (Å²) in [6.07, 6.45) is 3.88. The van der Waals surface area contributed by atoms with Gasteiger partial charge in [0.15, 0.2) is 0 Å². The number of pyridine rings is 1. The number of hydrogen-bond acceptors (Lipinski definition) is 3. The van der Waals surface area contributed by atoms with Gasteiger partial charge in [-0.05, 0) is 48.5 Å². The van der Waals surface area contributed by atoms with Gasteiger partial charge >= 0.3 is 0 Å². The number of anilines is 1. The quantitative estimate of drug-likeness (QED) is 0.542. The molecule has 1 N–H and O–H groups in total. The SMILES string of the molecule is O=C(Nc1cccc(OCc2cn3ccccc3n2)c1)c1ccc(Cl)cc1. The molecule has 1 amide bonds. The number of amides is 1. The molecular formula is C21H16ClN3O2. The highest BCUT2D eigenvalue weighted by molar-refractivity contribution is 6.30. The molecule has 0 radical (unpaired) electrons. The highest BCUT2D eigenvalue weighted by atomic mass is 35.5. The van der Waals surface area contributed by atoms with E-state index in [1.165, 1.54) is 0 Å². The van der Waals surface area contributed by atoms with E-state index in [2.05, 4.69) is 10.3 Å². The first-order valence-corrected chi connectivity index (χ1v) is 8.77. The number of ether oxygens (including phenoxy) is 1. The van der Waals surface area contributed by atoms with Crippen LogP contribution in [-0.2, 0) is 6.61 Å². The monoisotopic (exact) mass is 377 g/mol. The maximum atomic E-state index is 12.3. The fourth-order valence-corrected chi connectivity index (χ4v) is 2.81. The van der Waals surface area contributed by atoms with Gasteiger partial charge in [-0.15, -0.1) is 0 Å². The molecular weight excluding hydrogens is 362 g/mol. The molecule has 4 rings (SSSR count). The van der Waals surface area contributed by atoms with Crippen molar-refractivity contribution in [1.82, 2.24) is 9.38 Å². The largest absolute Gasteiger partial charge is 0.487 e. The van der Waals surface area contributed by atoms with Crippen LogP contribution in [0.4, 0.5) is 5.69 Å². The molecule has 2 heterocycles. The minimum atomic E-state index is -0.204. The van der Waals surface area contributed by atoms with Gasteiger partial charge in [0.25, 0.3) is 5.91 Å². The van der Waals surface area contributed by atoms with Crippen LogP contribution in [0.3, 0.4) is 0 Å². The molecule has 0 aliphatic rings. The molecule has 0 aliphatic heterocycles. The number of halogens is 1. The fourth-order valence-electron chi connectivity index (χ4n) is 2.68. The number of fused-ring (bicyclic) bond motifs is 1. The molecule has 0 saturated carbocycles.